The first-order chi connectivity index (χ1) is 20.7. The second kappa shape index (κ2) is 11.7. The Morgan fingerprint density at radius 2 is 1.60 bits per heavy atom. The molecule has 0 saturated carbocycles. The van der Waals surface area contributed by atoms with Crippen molar-refractivity contribution >= 4 is 40.5 Å². The van der Waals surface area contributed by atoms with E-state index in [4.69, 9.17) is 17.2 Å². The molecule has 2 atom stereocenters. The molecule has 6 rings (SSSR count). The summed E-state index contributed by atoms with van der Waals surface area (Å²) in [5.74, 6) is 0. The Balaban J connectivity index is 1.39. The van der Waals surface area contributed by atoms with Crippen LogP contribution in [0.1, 0.15) is 45.9 Å². The van der Waals surface area contributed by atoms with Gasteiger partial charge in [-0.15, -0.1) is 0 Å². The van der Waals surface area contributed by atoms with Gasteiger partial charge in [0.15, 0.2) is 5.11 Å². The lowest BCUT2D eigenvalue weighted by atomic mass is 9.96. The van der Waals surface area contributed by atoms with Crippen LogP contribution in [-0.2, 0) is 0 Å². The molecular weight excluding hydrogens is 575 g/mol. The summed E-state index contributed by atoms with van der Waals surface area (Å²) in [4.78, 5) is 19.5. The normalized spacial score (nSPS) is 16.4. The van der Waals surface area contributed by atoms with E-state index in [1.165, 1.54) is 40.2 Å². The molecule has 0 spiro atoms. The van der Waals surface area contributed by atoms with Crippen molar-refractivity contribution in [3.8, 4) is 5.69 Å². The highest BCUT2D eigenvalue weighted by atomic mass is 32.2. The molecule has 1 aliphatic rings. The van der Waals surface area contributed by atoms with Gasteiger partial charge in [0.05, 0.1) is 22.7 Å². The maximum Gasteiger partial charge on any atom is 0.269 e. The number of anilines is 1. The molecule has 9 heteroatoms. The van der Waals surface area contributed by atoms with Gasteiger partial charge in [-0.1, -0.05) is 30.0 Å². The van der Waals surface area contributed by atoms with Crippen LogP contribution < -0.4 is 10.2 Å². The van der Waals surface area contributed by atoms with Crippen molar-refractivity contribution < 1.29 is 4.92 Å². The lowest BCUT2D eigenvalue weighted by Crippen LogP contribution is -2.29. The smallest absolute Gasteiger partial charge is 0.269 e. The van der Waals surface area contributed by atoms with Gasteiger partial charge < -0.3 is 14.8 Å². The number of aryl methyl sites for hydroxylation is 3. The van der Waals surface area contributed by atoms with E-state index < -0.39 is 0 Å². The number of non-ortho nitro benzene ring substituents is 1. The molecule has 1 saturated heterocycles. The van der Waals surface area contributed by atoms with E-state index in [1.54, 1.807) is 23.9 Å². The van der Waals surface area contributed by atoms with Crippen molar-refractivity contribution in [3.63, 3.8) is 0 Å². The zero-order valence-electron chi connectivity index (χ0n) is 24.3. The highest BCUT2D eigenvalue weighted by Gasteiger charge is 2.42. The zero-order valence-corrected chi connectivity index (χ0v) is 25.9. The van der Waals surface area contributed by atoms with Crippen LogP contribution in [0.4, 0.5) is 11.4 Å². The molecule has 0 aliphatic carbocycles. The minimum atomic E-state index is -0.385. The monoisotopic (exact) mass is 605 g/mol. The van der Waals surface area contributed by atoms with Gasteiger partial charge in [0.1, 0.15) is 0 Å². The average Bonchev–Trinajstić information content (AvgIpc) is 3.50. The third-order valence-electron chi connectivity index (χ3n) is 7.89. The predicted octanol–water partition coefficient (Wildman–Crippen LogP) is 8.34. The van der Waals surface area contributed by atoms with Crippen LogP contribution in [-0.4, -0.2) is 19.6 Å². The fourth-order valence-electron chi connectivity index (χ4n) is 5.81. The standard InChI is InChI=1S/C34H31N5O2S2/c1-21-8-9-22(2)31(19-21)37-23(3)20-29(24(37)4)33-32(30-7-5-6-18-35-30)36-34(42)38(33)25-10-14-27(15-11-25)43-28-16-12-26(13-17-28)39(40)41/h5-20,32-33H,1-4H3,(H,36,42)/t32-,33-/m1/s1. The molecule has 0 amide bonds. The number of nitro groups is 1. The Bertz CT molecular complexity index is 1820. The molecule has 1 fully saturated rings. The van der Waals surface area contributed by atoms with Crippen molar-refractivity contribution in [2.24, 2.45) is 0 Å². The number of hydrogen-bond donors (Lipinski definition) is 1. The largest absolute Gasteiger partial charge is 0.351 e. The maximum atomic E-state index is 11.0. The summed E-state index contributed by atoms with van der Waals surface area (Å²) in [6.07, 6.45) is 1.82. The zero-order chi connectivity index (χ0) is 30.2. The van der Waals surface area contributed by atoms with E-state index in [0.717, 1.165) is 26.9 Å². The number of nitrogens with zero attached hydrogens (tertiary/aromatic N) is 4. The second-order valence-corrected chi connectivity index (χ2v) is 12.3. The number of pyridine rings is 1. The number of nitrogens with one attached hydrogen (secondary N) is 1. The summed E-state index contributed by atoms with van der Waals surface area (Å²) in [5, 5.41) is 15.2. The average molecular weight is 606 g/mol. The molecule has 3 aromatic carbocycles. The van der Waals surface area contributed by atoms with Gasteiger partial charge in [0.25, 0.3) is 5.69 Å². The molecule has 7 nitrogen and oxygen atoms in total. The van der Waals surface area contributed by atoms with Gasteiger partial charge in [0, 0.05) is 50.9 Å². The van der Waals surface area contributed by atoms with Crippen molar-refractivity contribution in [1.29, 1.82) is 0 Å². The molecule has 2 aromatic heterocycles. The number of aromatic nitrogens is 2. The van der Waals surface area contributed by atoms with E-state index in [0.29, 0.717) is 5.11 Å². The summed E-state index contributed by atoms with van der Waals surface area (Å²) in [5.41, 5.74) is 9.13. The number of benzene rings is 3. The van der Waals surface area contributed by atoms with E-state index in [1.807, 2.05) is 24.4 Å². The van der Waals surface area contributed by atoms with Gasteiger partial charge >= 0.3 is 0 Å². The lowest BCUT2D eigenvalue weighted by molar-refractivity contribution is -0.384. The van der Waals surface area contributed by atoms with Crippen molar-refractivity contribution in [2.75, 3.05) is 4.90 Å². The first kappa shape index (κ1) is 28.6. The molecule has 1 N–H and O–H groups in total. The Hall–Kier alpha value is -4.47. The van der Waals surface area contributed by atoms with E-state index in [-0.39, 0.29) is 22.7 Å². The first-order valence-corrected chi connectivity index (χ1v) is 15.2. The Kier molecular flexibility index (Phi) is 7.77. The predicted molar refractivity (Wildman–Crippen MR) is 176 cm³/mol. The summed E-state index contributed by atoms with van der Waals surface area (Å²) in [7, 11) is 0. The minimum absolute atomic E-state index is 0.0835. The molecule has 0 radical (unpaired) electrons. The Morgan fingerprint density at radius 1 is 0.907 bits per heavy atom. The van der Waals surface area contributed by atoms with Crippen LogP contribution in [0.5, 0.6) is 0 Å². The lowest BCUT2D eigenvalue weighted by Gasteiger charge is -2.28. The summed E-state index contributed by atoms with van der Waals surface area (Å²) < 4.78 is 2.34. The SMILES string of the molecule is Cc1ccc(C)c(-n2c(C)cc([C@@H]3[C@@H](c4ccccn4)NC(=S)N3c3ccc(Sc4ccc([N+](=O)[O-])cc4)cc3)c2C)c1. The van der Waals surface area contributed by atoms with Crippen LogP contribution in [0.15, 0.2) is 107 Å². The van der Waals surface area contributed by atoms with E-state index >= 15 is 0 Å². The molecule has 216 valence electrons. The number of nitro benzene ring substituents is 1. The number of thiocarbonyl (C=S) groups is 1. The van der Waals surface area contributed by atoms with Crippen LogP contribution >= 0.6 is 24.0 Å². The molecule has 1 aliphatic heterocycles. The molecule has 0 unspecified atom stereocenters. The fourth-order valence-corrected chi connectivity index (χ4v) is 6.98. The molecule has 3 heterocycles. The summed E-state index contributed by atoms with van der Waals surface area (Å²) in [6, 6.07) is 29.5. The van der Waals surface area contributed by atoms with Crippen LogP contribution in [0, 0.1) is 37.8 Å². The highest BCUT2D eigenvalue weighted by molar-refractivity contribution is 7.99. The van der Waals surface area contributed by atoms with Gasteiger partial charge in [-0.3, -0.25) is 15.1 Å². The van der Waals surface area contributed by atoms with Crippen LogP contribution in [0.3, 0.4) is 0 Å². The van der Waals surface area contributed by atoms with Gasteiger partial charge in [-0.05, 0) is 117 Å². The van der Waals surface area contributed by atoms with Gasteiger partial charge in [-0.2, -0.15) is 0 Å². The topological polar surface area (TPSA) is 76.2 Å². The van der Waals surface area contributed by atoms with E-state index in [9.17, 15) is 10.1 Å². The van der Waals surface area contributed by atoms with Gasteiger partial charge in [0.2, 0.25) is 0 Å². The van der Waals surface area contributed by atoms with Gasteiger partial charge in [-0.25, -0.2) is 0 Å². The highest BCUT2D eigenvalue weighted by Crippen LogP contribution is 2.44. The third-order valence-corrected chi connectivity index (χ3v) is 9.22. The first-order valence-electron chi connectivity index (χ1n) is 14.0. The van der Waals surface area contributed by atoms with Crippen molar-refractivity contribution in [2.45, 2.75) is 49.6 Å². The minimum Gasteiger partial charge on any atom is -0.351 e. The number of rotatable bonds is 7. The van der Waals surface area contributed by atoms with Crippen molar-refractivity contribution in [3.05, 3.63) is 141 Å². The molecule has 5 aromatic rings. The molecule has 0 bridgehead atoms. The Morgan fingerprint density at radius 3 is 2.26 bits per heavy atom. The fraction of sp³-hybridized carbons (Fsp3) is 0.176. The Labute approximate surface area is 260 Å². The van der Waals surface area contributed by atoms with Crippen molar-refractivity contribution in [1.82, 2.24) is 14.9 Å². The quantitative estimate of drug-likeness (QED) is 0.114. The van der Waals surface area contributed by atoms with Crippen LogP contribution in [0.2, 0.25) is 0 Å². The van der Waals surface area contributed by atoms with Crippen LogP contribution in [0.25, 0.3) is 5.69 Å². The molecular formula is C34H31N5O2S2. The number of hydrogen-bond acceptors (Lipinski definition) is 5. The second-order valence-electron chi connectivity index (χ2n) is 10.8. The maximum absolute atomic E-state index is 11.0. The summed E-state index contributed by atoms with van der Waals surface area (Å²) >= 11 is 7.54. The summed E-state index contributed by atoms with van der Waals surface area (Å²) in [6.45, 7) is 8.62. The van der Waals surface area contributed by atoms with E-state index in [2.05, 4.69) is 91.0 Å². The third kappa shape index (κ3) is 5.53. The molecule has 43 heavy (non-hydrogen) atoms.